The molecular formula is C25H34N6O3. The summed E-state index contributed by atoms with van der Waals surface area (Å²) in [5.74, 6) is 2.12. The van der Waals surface area contributed by atoms with E-state index in [0.29, 0.717) is 47.9 Å². The maximum Gasteiger partial charge on any atom is 0.258 e. The topological polar surface area (TPSA) is 105 Å². The van der Waals surface area contributed by atoms with E-state index >= 15 is 0 Å². The summed E-state index contributed by atoms with van der Waals surface area (Å²) < 4.78 is 11.3. The molecular weight excluding hydrogens is 432 g/mol. The number of nitrogens with zero attached hydrogens (tertiary/aromatic N) is 4. The van der Waals surface area contributed by atoms with Crippen molar-refractivity contribution in [3.63, 3.8) is 0 Å². The summed E-state index contributed by atoms with van der Waals surface area (Å²) >= 11 is 0. The Hall–Kier alpha value is -2.94. The standard InChI is InChI=1S/C25H34N6O3/c1-15-12-31(11-6-17(15)20(26-4)30-25(9-10-25)13-33-5)23(32)18-16(2)34-22-19(18)21(27-14-28-22)29-24(3)7-8-24/h14H,6-13H2,1-5H3,(H,26,30)(H,27,28,29). The van der Waals surface area contributed by atoms with Crippen molar-refractivity contribution in [1.82, 2.24) is 20.2 Å². The van der Waals surface area contributed by atoms with Gasteiger partial charge in [0, 0.05) is 32.8 Å². The normalized spacial score (nSPS) is 21.1. The van der Waals surface area contributed by atoms with E-state index in [0.717, 1.165) is 43.5 Å². The lowest BCUT2D eigenvalue weighted by Gasteiger charge is -2.31. The molecule has 3 heterocycles. The quantitative estimate of drug-likeness (QED) is 0.476. The number of fused-ring (bicyclic) bond motifs is 1. The fourth-order valence-corrected chi connectivity index (χ4v) is 4.82. The first-order valence-corrected chi connectivity index (χ1v) is 12.0. The minimum Gasteiger partial charge on any atom is -0.442 e. The van der Waals surface area contributed by atoms with Crippen LogP contribution < -0.4 is 10.6 Å². The lowest BCUT2D eigenvalue weighted by atomic mass is 9.98. The Balaban J connectivity index is 1.39. The van der Waals surface area contributed by atoms with Crippen molar-refractivity contribution >= 4 is 28.7 Å². The van der Waals surface area contributed by atoms with Crippen molar-refractivity contribution in [3.05, 3.63) is 28.8 Å². The number of furan rings is 1. The van der Waals surface area contributed by atoms with Gasteiger partial charge in [0.05, 0.1) is 23.1 Å². The van der Waals surface area contributed by atoms with E-state index in [1.54, 1.807) is 7.11 Å². The number of methoxy groups -OCH3 is 1. The van der Waals surface area contributed by atoms with Gasteiger partial charge in [0.15, 0.2) is 0 Å². The number of carbonyl (C=O) groups is 1. The van der Waals surface area contributed by atoms with Crippen molar-refractivity contribution in [2.75, 3.05) is 39.2 Å². The lowest BCUT2D eigenvalue weighted by molar-refractivity contribution is 0.0764. The van der Waals surface area contributed by atoms with Crippen LogP contribution in [0.3, 0.4) is 0 Å². The van der Waals surface area contributed by atoms with Crippen LogP contribution in [0.25, 0.3) is 11.1 Å². The zero-order valence-corrected chi connectivity index (χ0v) is 20.7. The molecule has 0 radical (unpaired) electrons. The summed E-state index contributed by atoms with van der Waals surface area (Å²) in [5.41, 5.74) is 3.36. The summed E-state index contributed by atoms with van der Waals surface area (Å²) in [6, 6.07) is 0. The summed E-state index contributed by atoms with van der Waals surface area (Å²) in [6.45, 7) is 7.91. The van der Waals surface area contributed by atoms with Gasteiger partial charge in [-0.1, -0.05) is 0 Å². The molecule has 0 aromatic carbocycles. The van der Waals surface area contributed by atoms with Crippen LogP contribution in [-0.2, 0) is 4.74 Å². The Bertz CT molecular complexity index is 1190. The van der Waals surface area contributed by atoms with Crippen molar-refractivity contribution in [2.24, 2.45) is 4.99 Å². The number of carbonyl (C=O) groups excluding carboxylic acids is 1. The number of aromatic nitrogens is 2. The SMILES string of the molecule is C/N=C(/NC1(COC)CC1)C1=C(C)CN(C(=O)c2c(C)oc3ncnc(NC4(C)CC4)c23)CC1. The van der Waals surface area contributed by atoms with Crippen molar-refractivity contribution in [3.8, 4) is 0 Å². The Labute approximate surface area is 200 Å². The number of aryl methyl sites for hydroxylation is 1. The lowest BCUT2D eigenvalue weighted by Crippen LogP contribution is -2.44. The van der Waals surface area contributed by atoms with Crippen molar-refractivity contribution in [2.45, 2.75) is 64.0 Å². The van der Waals surface area contributed by atoms with Crippen molar-refractivity contribution < 1.29 is 13.9 Å². The number of hydrogen-bond acceptors (Lipinski definition) is 7. The molecule has 182 valence electrons. The van der Waals surface area contributed by atoms with Crippen molar-refractivity contribution in [1.29, 1.82) is 0 Å². The average molecular weight is 467 g/mol. The third-order valence-corrected chi connectivity index (χ3v) is 7.33. The van der Waals surface area contributed by atoms with Crippen LogP contribution in [0.15, 0.2) is 26.9 Å². The maximum absolute atomic E-state index is 13.7. The molecule has 1 aliphatic heterocycles. The second-order valence-corrected chi connectivity index (χ2v) is 10.3. The van der Waals surface area contributed by atoms with Gasteiger partial charge in [0.25, 0.3) is 5.91 Å². The van der Waals surface area contributed by atoms with Gasteiger partial charge >= 0.3 is 0 Å². The highest BCUT2D eigenvalue weighted by Gasteiger charge is 2.44. The van der Waals surface area contributed by atoms with E-state index in [-0.39, 0.29) is 17.0 Å². The van der Waals surface area contributed by atoms with E-state index < -0.39 is 0 Å². The van der Waals surface area contributed by atoms with E-state index in [1.807, 2.05) is 18.9 Å². The van der Waals surface area contributed by atoms with E-state index in [9.17, 15) is 4.79 Å². The van der Waals surface area contributed by atoms with E-state index in [2.05, 4.69) is 39.4 Å². The molecule has 5 rings (SSSR count). The monoisotopic (exact) mass is 466 g/mol. The molecule has 9 nitrogen and oxygen atoms in total. The minimum absolute atomic E-state index is 0.00174. The zero-order chi connectivity index (χ0) is 24.1. The fraction of sp³-hybridized carbons (Fsp3) is 0.600. The molecule has 0 spiro atoms. The molecule has 3 aliphatic rings. The number of anilines is 1. The van der Waals surface area contributed by atoms with Gasteiger partial charge in [0.2, 0.25) is 5.71 Å². The number of ether oxygens (including phenoxy) is 1. The van der Waals surface area contributed by atoms with E-state index in [1.165, 1.54) is 11.9 Å². The fourth-order valence-electron chi connectivity index (χ4n) is 4.82. The zero-order valence-electron chi connectivity index (χ0n) is 20.7. The number of hydrogen-bond donors (Lipinski definition) is 2. The van der Waals surface area contributed by atoms with Crippen LogP contribution in [0.1, 0.15) is 62.1 Å². The van der Waals surface area contributed by atoms with Gasteiger partial charge in [-0.25, -0.2) is 9.97 Å². The van der Waals surface area contributed by atoms with Gasteiger partial charge in [-0.2, -0.15) is 0 Å². The molecule has 0 saturated heterocycles. The molecule has 0 atom stereocenters. The first-order chi connectivity index (χ1) is 16.3. The highest BCUT2D eigenvalue weighted by Crippen LogP contribution is 2.41. The minimum atomic E-state index is -0.0468. The number of aliphatic imine (C=N–C) groups is 1. The van der Waals surface area contributed by atoms with Gasteiger partial charge in [-0.3, -0.25) is 9.79 Å². The highest BCUT2D eigenvalue weighted by molar-refractivity contribution is 6.10. The molecule has 2 aliphatic carbocycles. The Morgan fingerprint density at radius 3 is 2.65 bits per heavy atom. The average Bonchev–Trinajstić information content (AvgIpc) is 3.71. The third kappa shape index (κ3) is 4.17. The first kappa shape index (κ1) is 22.8. The predicted molar refractivity (Wildman–Crippen MR) is 131 cm³/mol. The molecule has 2 fully saturated rings. The molecule has 1 amide bonds. The third-order valence-electron chi connectivity index (χ3n) is 7.33. The largest absolute Gasteiger partial charge is 0.442 e. The summed E-state index contributed by atoms with van der Waals surface area (Å²) in [5, 5.41) is 7.80. The maximum atomic E-state index is 13.7. The molecule has 34 heavy (non-hydrogen) atoms. The molecule has 9 heteroatoms. The number of amidine groups is 1. The second kappa shape index (κ2) is 8.37. The van der Waals surface area contributed by atoms with E-state index in [4.69, 9.17) is 9.15 Å². The van der Waals surface area contributed by atoms with Crippen LogP contribution in [0.4, 0.5) is 5.82 Å². The van der Waals surface area contributed by atoms with Gasteiger partial charge in [0.1, 0.15) is 23.7 Å². The molecule has 0 bridgehead atoms. The van der Waals surface area contributed by atoms with Gasteiger partial charge in [-0.15, -0.1) is 0 Å². The first-order valence-electron chi connectivity index (χ1n) is 12.0. The number of nitrogens with one attached hydrogen (secondary N) is 2. The predicted octanol–water partition coefficient (Wildman–Crippen LogP) is 3.45. The number of rotatable bonds is 7. The molecule has 2 N–H and O–H groups in total. The Kier molecular flexibility index (Phi) is 5.62. The molecule has 2 aromatic heterocycles. The van der Waals surface area contributed by atoms with Gasteiger partial charge in [-0.05, 0) is 64.0 Å². The van der Waals surface area contributed by atoms with Crippen LogP contribution in [-0.4, -0.2) is 71.5 Å². The second-order valence-electron chi connectivity index (χ2n) is 10.3. The summed E-state index contributed by atoms with van der Waals surface area (Å²) in [7, 11) is 3.55. The molecule has 0 unspecified atom stereocenters. The Morgan fingerprint density at radius 2 is 2.03 bits per heavy atom. The van der Waals surface area contributed by atoms with Crippen LogP contribution in [0.5, 0.6) is 0 Å². The number of amides is 1. The van der Waals surface area contributed by atoms with Crippen LogP contribution in [0, 0.1) is 6.92 Å². The molecule has 2 saturated carbocycles. The Morgan fingerprint density at radius 1 is 1.26 bits per heavy atom. The van der Waals surface area contributed by atoms with Crippen LogP contribution in [0.2, 0.25) is 0 Å². The molecule has 2 aromatic rings. The summed E-state index contributed by atoms with van der Waals surface area (Å²) in [4.78, 5) is 28.9. The highest BCUT2D eigenvalue weighted by atomic mass is 16.5. The van der Waals surface area contributed by atoms with Crippen LogP contribution >= 0.6 is 0 Å². The smallest absolute Gasteiger partial charge is 0.258 e. The summed E-state index contributed by atoms with van der Waals surface area (Å²) in [6.07, 6.45) is 6.57. The van der Waals surface area contributed by atoms with Gasteiger partial charge < -0.3 is 24.7 Å².